The fourth-order valence-electron chi connectivity index (χ4n) is 4.60. The summed E-state index contributed by atoms with van der Waals surface area (Å²) >= 11 is 0. The number of aromatic amines is 2. The van der Waals surface area contributed by atoms with Gasteiger partial charge in [0.25, 0.3) is 5.91 Å². The molecule has 2 aromatic heterocycles. The molecular weight excluding hydrogens is 428 g/mol. The number of aryl methyl sites for hydroxylation is 2. The van der Waals surface area contributed by atoms with Crippen LogP contribution < -0.4 is 10.1 Å². The van der Waals surface area contributed by atoms with E-state index in [4.69, 9.17) is 4.74 Å². The van der Waals surface area contributed by atoms with E-state index in [-0.39, 0.29) is 5.91 Å². The number of carbonyl (C=O) groups is 1. The highest BCUT2D eigenvalue weighted by atomic mass is 16.5. The fourth-order valence-corrected chi connectivity index (χ4v) is 4.60. The second-order valence-electron chi connectivity index (χ2n) is 8.87. The Morgan fingerprint density at radius 3 is 2.56 bits per heavy atom. The molecule has 8 nitrogen and oxygen atoms in total. The fraction of sp³-hybridized carbons (Fsp3) is 0.346. The number of fused-ring (bicyclic) bond motifs is 1. The van der Waals surface area contributed by atoms with Crippen LogP contribution in [-0.2, 0) is 0 Å². The van der Waals surface area contributed by atoms with Crippen LogP contribution in [-0.4, -0.2) is 57.4 Å². The summed E-state index contributed by atoms with van der Waals surface area (Å²) in [4.78, 5) is 15.3. The maximum Gasteiger partial charge on any atom is 0.256 e. The third-order valence-electron chi connectivity index (χ3n) is 6.45. The number of nitrogens with zero attached hydrogens (tertiary/aromatic N) is 3. The average Bonchev–Trinajstić information content (AvgIpc) is 3.41. The first-order valence-electron chi connectivity index (χ1n) is 11.8. The molecule has 5 rings (SSSR count). The van der Waals surface area contributed by atoms with Crippen molar-refractivity contribution in [3.05, 3.63) is 59.4 Å². The molecule has 0 bridgehead atoms. The lowest BCUT2D eigenvalue weighted by atomic mass is 10.0. The normalized spacial score (nSPS) is 14.4. The Balaban J connectivity index is 1.22. The maximum absolute atomic E-state index is 12.8. The number of amides is 1. The number of benzene rings is 2. The van der Waals surface area contributed by atoms with Crippen molar-refractivity contribution in [2.45, 2.75) is 33.1 Å². The van der Waals surface area contributed by atoms with Crippen LogP contribution in [0, 0.1) is 13.8 Å². The number of aromatic nitrogens is 4. The highest BCUT2D eigenvalue weighted by Crippen LogP contribution is 2.30. The molecule has 1 saturated heterocycles. The van der Waals surface area contributed by atoms with Crippen molar-refractivity contribution < 1.29 is 9.53 Å². The van der Waals surface area contributed by atoms with Crippen LogP contribution in [0.25, 0.3) is 22.0 Å². The summed E-state index contributed by atoms with van der Waals surface area (Å²) < 4.78 is 5.87. The van der Waals surface area contributed by atoms with Crippen molar-refractivity contribution in [1.82, 2.24) is 25.3 Å². The number of nitrogens with one attached hydrogen (secondary N) is 3. The standard InChI is InChI=1S/C26H30N6O2/c1-17-24(18(2)29-28-17)20-8-11-22-23(16-20)30-31-25(22)27-26(33)19-6-9-21(10-7-19)34-15-14-32-12-4-3-5-13-32/h6-11,16H,3-5,12-15H2,1-2H3,(H,28,29)(H2,27,30,31,33). The highest BCUT2D eigenvalue weighted by Gasteiger charge is 2.15. The van der Waals surface area contributed by atoms with Gasteiger partial charge in [0.2, 0.25) is 0 Å². The Hall–Kier alpha value is -3.65. The lowest BCUT2D eigenvalue weighted by molar-refractivity contribution is 0.102. The predicted molar refractivity (Wildman–Crippen MR) is 133 cm³/mol. The Labute approximate surface area is 198 Å². The van der Waals surface area contributed by atoms with Gasteiger partial charge in [-0.1, -0.05) is 12.5 Å². The first kappa shape index (κ1) is 22.2. The summed E-state index contributed by atoms with van der Waals surface area (Å²) in [5, 5.41) is 18.4. The molecule has 176 valence electrons. The third kappa shape index (κ3) is 4.68. The number of likely N-dealkylation sites (tertiary alicyclic amines) is 1. The van der Waals surface area contributed by atoms with Crippen LogP contribution in [0.4, 0.5) is 5.82 Å². The van der Waals surface area contributed by atoms with Crippen LogP contribution >= 0.6 is 0 Å². The molecule has 0 atom stereocenters. The number of hydrogen-bond donors (Lipinski definition) is 3. The van der Waals surface area contributed by atoms with Crippen molar-refractivity contribution in [3.63, 3.8) is 0 Å². The molecule has 1 aliphatic heterocycles. The number of carbonyl (C=O) groups excluding carboxylic acids is 1. The average molecular weight is 459 g/mol. The van der Waals surface area contributed by atoms with Crippen molar-refractivity contribution in [3.8, 4) is 16.9 Å². The molecule has 4 aromatic rings. The van der Waals surface area contributed by atoms with Crippen molar-refractivity contribution in [2.24, 2.45) is 0 Å². The van der Waals surface area contributed by atoms with E-state index >= 15 is 0 Å². The summed E-state index contributed by atoms with van der Waals surface area (Å²) in [7, 11) is 0. The number of hydrogen-bond acceptors (Lipinski definition) is 5. The molecule has 1 fully saturated rings. The zero-order valence-electron chi connectivity index (χ0n) is 19.6. The molecule has 34 heavy (non-hydrogen) atoms. The summed E-state index contributed by atoms with van der Waals surface area (Å²) in [5.74, 6) is 1.07. The topological polar surface area (TPSA) is 98.9 Å². The molecule has 0 unspecified atom stereocenters. The molecule has 3 N–H and O–H groups in total. The minimum Gasteiger partial charge on any atom is -0.492 e. The largest absolute Gasteiger partial charge is 0.492 e. The molecule has 8 heteroatoms. The second kappa shape index (κ2) is 9.69. The van der Waals surface area contributed by atoms with Crippen molar-refractivity contribution in [1.29, 1.82) is 0 Å². The van der Waals surface area contributed by atoms with Gasteiger partial charge in [-0.2, -0.15) is 10.2 Å². The van der Waals surface area contributed by atoms with Gasteiger partial charge in [-0.25, -0.2) is 0 Å². The van der Waals surface area contributed by atoms with Crippen molar-refractivity contribution >= 4 is 22.6 Å². The summed E-state index contributed by atoms with van der Waals surface area (Å²) in [6.45, 7) is 7.90. The minimum absolute atomic E-state index is 0.209. The van der Waals surface area contributed by atoms with E-state index < -0.39 is 0 Å². The van der Waals surface area contributed by atoms with Gasteiger partial charge in [0.1, 0.15) is 12.4 Å². The zero-order chi connectivity index (χ0) is 23.5. The van der Waals surface area contributed by atoms with Gasteiger partial charge in [0.15, 0.2) is 5.82 Å². The quantitative estimate of drug-likeness (QED) is 0.373. The molecule has 1 aliphatic rings. The number of piperidine rings is 1. The Bertz CT molecular complexity index is 1270. The van der Waals surface area contributed by atoms with Gasteiger partial charge in [-0.15, -0.1) is 0 Å². The number of H-pyrrole nitrogens is 2. The van der Waals surface area contributed by atoms with Gasteiger partial charge in [-0.3, -0.25) is 19.9 Å². The minimum atomic E-state index is -0.209. The van der Waals surface area contributed by atoms with Crippen LogP contribution in [0.15, 0.2) is 42.5 Å². The number of anilines is 1. The Morgan fingerprint density at radius 1 is 1.03 bits per heavy atom. The van der Waals surface area contributed by atoms with Crippen LogP contribution in [0.1, 0.15) is 41.0 Å². The van der Waals surface area contributed by atoms with Crippen LogP contribution in [0.3, 0.4) is 0 Å². The molecular formula is C26H30N6O2. The smallest absolute Gasteiger partial charge is 0.256 e. The van der Waals surface area contributed by atoms with Crippen molar-refractivity contribution in [2.75, 3.05) is 31.6 Å². The summed E-state index contributed by atoms with van der Waals surface area (Å²) in [6.07, 6.45) is 3.89. The molecule has 0 spiro atoms. The van der Waals surface area contributed by atoms with E-state index in [0.29, 0.717) is 18.0 Å². The number of rotatable bonds is 7. The Morgan fingerprint density at radius 2 is 1.82 bits per heavy atom. The summed E-state index contributed by atoms with van der Waals surface area (Å²) in [5.41, 5.74) is 5.51. The Kier molecular flexibility index (Phi) is 6.31. The van der Waals surface area contributed by atoms with Gasteiger partial charge in [0, 0.05) is 28.8 Å². The molecule has 1 amide bonds. The second-order valence-corrected chi connectivity index (χ2v) is 8.87. The zero-order valence-corrected chi connectivity index (χ0v) is 19.6. The van der Waals surface area contributed by atoms with E-state index in [2.05, 4.69) is 30.6 Å². The number of ether oxygens (including phenoxy) is 1. The maximum atomic E-state index is 12.8. The predicted octanol–water partition coefficient (Wildman–Crippen LogP) is 4.69. The summed E-state index contributed by atoms with van der Waals surface area (Å²) in [6, 6.07) is 13.3. The molecule has 0 aliphatic carbocycles. The van der Waals surface area contributed by atoms with Gasteiger partial charge >= 0.3 is 0 Å². The SMILES string of the molecule is Cc1n[nH]c(C)c1-c1ccc2c(NC(=O)c3ccc(OCCN4CCCCC4)cc3)n[nH]c2c1. The highest BCUT2D eigenvalue weighted by molar-refractivity contribution is 6.08. The van der Waals surface area contributed by atoms with E-state index in [1.807, 2.05) is 44.2 Å². The monoisotopic (exact) mass is 458 g/mol. The third-order valence-corrected chi connectivity index (χ3v) is 6.45. The van der Waals surface area contributed by atoms with E-state index in [1.54, 1.807) is 12.1 Å². The van der Waals surface area contributed by atoms with Crippen LogP contribution in [0.2, 0.25) is 0 Å². The first-order valence-corrected chi connectivity index (χ1v) is 11.8. The molecule has 0 radical (unpaired) electrons. The molecule has 2 aromatic carbocycles. The molecule has 3 heterocycles. The van der Waals surface area contributed by atoms with E-state index in [0.717, 1.165) is 58.8 Å². The first-order chi connectivity index (χ1) is 16.6. The lowest BCUT2D eigenvalue weighted by Gasteiger charge is -2.26. The van der Waals surface area contributed by atoms with Gasteiger partial charge in [-0.05, 0) is 81.7 Å². The van der Waals surface area contributed by atoms with Gasteiger partial charge < -0.3 is 10.1 Å². The van der Waals surface area contributed by atoms with E-state index in [9.17, 15) is 4.79 Å². The van der Waals surface area contributed by atoms with Crippen LogP contribution in [0.5, 0.6) is 5.75 Å². The lowest BCUT2D eigenvalue weighted by Crippen LogP contribution is -2.33. The molecule has 0 saturated carbocycles. The van der Waals surface area contributed by atoms with Gasteiger partial charge in [0.05, 0.1) is 11.2 Å². The van der Waals surface area contributed by atoms with E-state index in [1.165, 1.54) is 19.3 Å².